The van der Waals surface area contributed by atoms with Crippen LogP contribution in [-0.4, -0.2) is 10.2 Å². The van der Waals surface area contributed by atoms with Crippen LogP contribution in [0.15, 0.2) is 42.5 Å². The van der Waals surface area contributed by atoms with Crippen LogP contribution in [0.3, 0.4) is 0 Å². The molecule has 100 valence electrons. The topological polar surface area (TPSA) is 52.5 Å². The third-order valence-corrected chi connectivity index (χ3v) is 3.15. The van der Waals surface area contributed by atoms with Gasteiger partial charge in [0.1, 0.15) is 5.75 Å². The first-order valence-electron chi connectivity index (χ1n) is 6.36. The van der Waals surface area contributed by atoms with E-state index < -0.39 is 0 Å². The van der Waals surface area contributed by atoms with Crippen molar-refractivity contribution < 1.29 is 10.2 Å². The number of anilines is 1. The number of hydrogen-bond donors (Lipinski definition) is 3. The fraction of sp³-hybridized carbons (Fsp3) is 0.250. The van der Waals surface area contributed by atoms with Crippen LogP contribution >= 0.6 is 0 Å². The molecule has 0 fully saturated rings. The Morgan fingerprint density at radius 2 is 1.95 bits per heavy atom. The second-order valence-electron chi connectivity index (χ2n) is 4.79. The van der Waals surface area contributed by atoms with Gasteiger partial charge in [-0.2, -0.15) is 0 Å². The van der Waals surface area contributed by atoms with E-state index in [4.69, 9.17) is 5.11 Å². The highest BCUT2D eigenvalue weighted by Gasteiger charge is 2.10. The molecule has 1 unspecified atom stereocenters. The summed E-state index contributed by atoms with van der Waals surface area (Å²) in [4.78, 5) is 0. The van der Waals surface area contributed by atoms with Gasteiger partial charge in [-0.05, 0) is 43.2 Å². The summed E-state index contributed by atoms with van der Waals surface area (Å²) < 4.78 is 0. The molecule has 3 N–H and O–H groups in total. The van der Waals surface area contributed by atoms with Crippen molar-refractivity contribution in [2.24, 2.45) is 0 Å². The Labute approximate surface area is 113 Å². The van der Waals surface area contributed by atoms with E-state index in [2.05, 4.69) is 5.32 Å². The molecular formula is C16H19NO2. The highest BCUT2D eigenvalue weighted by atomic mass is 16.3. The van der Waals surface area contributed by atoms with Crippen molar-refractivity contribution in [2.45, 2.75) is 26.5 Å². The van der Waals surface area contributed by atoms with Crippen molar-refractivity contribution in [1.29, 1.82) is 0 Å². The molecule has 2 aromatic carbocycles. The minimum absolute atomic E-state index is 0.00505. The number of aliphatic hydroxyl groups excluding tert-OH is 1. The summed E-state index contributed by atoms with van der Waals surface area (Å²) in [6.07, 6.45) is 0. The van der Waals surface area contributed by atoms with Crippen LogP contribution in [0.2, 0.25) is 0 Å². The summed E-state index contributed by atoms with van der Waals surface area (Å²) in [5.74, 6) is 0.304. The van der Waals surface area contributed by atoms with E-state index in [1.807, 2.05) is 50.2 Å². The minimum atomic E-state index is -0.00505. The summed E-state index contributed by atoms with van der Waals surface area (Å²) >= 11 is 0. The molecule has 0 aromatic heterocycles. The SMILES string of the molecule is Cc1ccc(C(C)Nc2cccc(CO)c2)c(O)c1. The third-order valence-electron chi connectivity index (χ3n) is 3.15. The summed E-state index contributed by atoms with van der Waals surface area (Å²) in [5, 5.41) is 22.4. The number of hydrogen-bond acceptors (Lipinski definition) is 3. The van der Waals surface area contributed by atoms with Crippen LogP contribution in [0, 0.1) is 6.92 Å². The smallest absolute Gasteiger partial charge is 0.121 e. The molecular weight excluding hydrogens is 238 g/mol. The Morgan fingerprint density at radius 3 is 2.63 bits per heavy atom. The lowest BCUT2D eigenvalue weighted by Gasteiger charge is -2.17. The molecule has 0 heterocycles. The number of benzene rings is 2. The van der Waals surface area contributed by atoms with Gasteiger partial charge in [-0.3, -0.25) is 0 Å². The lowest BCUT2D eigenvalue weighted by molar-refractivity contribution is 0.282. The van der Waals surface area contributed by atoms with E-state index in [0.29, 0.717) is 5.75 Å². The van der Waals surface area contributed by atoms with Gasteiger partial charge in [-0.25, -0.2) is 0 Å². The molecule has 0 saturated heterocycles. The van der Waals surface area contributed by atoms with Gasteiger partial charge in [-0.1, -0.05) is 24.3 Å². The Balaban J connectivity index is 2.17. The van der Waals surface area contributed by atoms with Gasteiger partial charge < -0.3 is 15.5 Å². The van der Waals surface area contributed by atoms with Crippen molar-refractivity contribution in [3.05, 3.63) is 59.2 Å². The molecule has 0 spiro atoms. The average molecular weight is 257 g/mol. The molecule has 2 aromatic rings. The summed E-state index contributed by atoms with van der Waals surface area (Å²) in [5.41, 5.74) is 3.69. The summed E-state index contributed by atoms with van der Waals surface area (Å²) in [6, 6.07) is 13.3. The van der Waals surface area contributed by atoms with Gasteiger partial charge in [0.25, 0.3) is 0 Å². The molecule has 3 heteroatoms. The maximum atomic E-state index is 9.96. The molecule has 0 bridgehead atoms. The Bertz CT molecular complexity index is 566. The molecule has 19 heavy (non-hydrogen) atoms. The van der Waals surface area contributed by atoms with Crippen LogP contribution in [-0.2, 0) is 6.61 Å². The third kappa shape index (κ3) is 3.26. The maximum absolute atomic E-state index is 9.96. The van der Waals surface area contributed by atoms with E-state index in [9.17, 15) is 5.11 Å². The molecule has 0 aliphatic rings. The summed E-state index contributed by atoms with van der Waals surface area (Å²) in [6.45, 7) is 3.97. The number of aromatic hydroxyl groups is 1. The Morgan fingerprint density at radius 1 is 1.16 bits per heavy atom. The molecule has 2 rings (SSSR count). The zero-order valence-electron chi connectivity index (χ0n) is 11.2. The number of aliphatic hydroxyl groups is 1. The first-order valence-corrected chi connectivity index (χ1v) is 6.36. The predicted octanol–water partition coefficient (Wildman–Crippen LogP) is 3.37. The van der Waals surface area contributed by atoms with Gasteiger partial charge in [0, 0.05) is 11.3 Å². The van der Waals surface area contributed by atoms with Crippen LogP contribution in [0.1, 0.15) is 29.7 Å². The Kier molecular flexibility index (Phi) is 4.07. The van der Waals surface area contributed by atoms with Crippen molar-refractivity contribution in [1.82, 2.24) is 0 Å². The van der Waals surface area contributed by atoms with Gasteiger partial charge in [-0.15, -0.1) is 0 Å². The van der Waals surface area contributed by atoms with Crippen molar-refractivity contribution >= 4 is 5.69 Å². The molecule has 0 radical (unpaired) electrons. The molecule has 0 aliphatic carbocycles. The largest absolute Gasteiger partial charge is 0.508 e. The van der Waals surface area contributed by atoms with Gasteiger partial charge in [0.15, 0.2) is 0 Å². The minimum Gasteiger partial charge on any atom is -0.508 e. The fourth-order valence-corrected chi connectivity index (χ4v) is 2.11. The quantitative estimate of drug-likeness (QED) is 0.787. The van der Waals surface area contributed by atoms with E-state index >= 15 is 0 Å². The fourth-order valence-electron chi connectivity index (χ4n) is 2.11. The van der Waals surface area contributed by atoms with Crippen molar-refractivity contribution in [2.75, 3.05) is 5.32 Å². The zero-order valence-corrected chi connectivity index (χ0v) is 11.2. The van der Waals surface area contributed by atoms with Crippen LogP contribution in [0.5, 0.6) is 5.75 Å². The maximum Gasteiger partial charge on any atom is 0.121 e. The first kappa shape index (κ1) is 13.4. The van der Waals surface area contributed by atoms with Gasteiger partial charge in [0.05, 0.1) is 12.6 Å². The zero-order chi connectivity index (χ0) is 13.8. The van der Waals surface area contributed by atoms with E-state index in [1.165, 1.54) is 0 Å². The van der Waals surface area contributed by atoms with Gasteiger partial charge in [0.2, 0.25) is 0 Å². The lowest BCUT2D eigenvalue weighted by atomic mass is 10.0. The Hall–Kier alpha value is -2.00. The number of rotatable bonds is 4. The van der Waals surface area contributed by atoms with E-state index in [-0.39, 0.29) is 12.6 Å². The number of phenols is 1. The number of phenolic OH excluding ortho intramolecular Hbond substituents is 1. The molecule has 0 saturated carbocycles. The predicted molar refractivity (Wildman–Crippen MR) is 77.2 cm³/mol. The second-order valence-corrected chi connectivity index (χ2v) is 4.79. The van der Waals surface area contributed by atoms with Crippen molar-refractivity contribution in [3.63, 3.8) is 0 Å². The highest BCUT2D eigenvalue weighted by Crippen LogP contribution is 2.27. The number of aryl methyl sites for hydroxylation is 1. The van der Waals surface area contributed by atoms with Crippen LogP contribution in [0.25, 0.3) is 0 Å². The highest BCUT2D eigenvalue weighted by molar-refractivity contribution is 5.49. The van der Waals surface area contributed by atoms with Gasteiger partial charge >= 0.3 is 0 Å². The second kappa shape index (κ2) is 5.76. The first-order chi connectivity index (χ1) is 9.10. The van der Waals surface area contributed by atoms with Crippen LogP contribution < -0.4 is 5.32 Å². The lowest BCUT2D eigenvalue weighted by Crippen LogP contribution is -2.07. The average Bonchev–Trinajstić information content (AvgIpc) is 2.38. The van der Waals surface area contributed by atoms with Crippen molar-refractivity contribution in [3.8, 4) is 5.75 Å². The standard InChI is InChI=1S/C16H19NO2/c1-11-6-7-15(16(19)8-11)12(2)17-14-5-3-4-13(9-14)10-18/h3-9,12,17-19H,10H2,1-2H3. The number of nitrogens with one attached hydrogen (secondary N) is 1. The molecule has 0 amide bonds. The van der Waals surface area contributed by atoms with Crippen LogP contribution in [0.4, 0.5) is 5.69 Å². The van der Waals surface area contributed by atoms with E-state index in [0.717, 1.165) is 22.4 Å². The van der Waals surface area contributed by atoms with E-state index in [1.54, 1.807) is 6.07 Å². The monoisotopic (exact) mass is 257 g/mol. The molecule has 1 atom stereocenters. The normalized spacial score (nSPS) is 12.2. The molecule has 3 nitrogen and oxygen atoms in total. The molecule has 0 aliphatic heterocycles. The summed E-state index contributed by atoms with van der Waals surface area (Å²) in [7, 11) is 0.